The summed E-state index contributed by atoms with van der Waals surface area (Å²) in [6.07, 6.45) is -4.08. The van der Waals surface area contributed by atoms with Crippen molar-refractivity contribution < 1.29 is 32.3 Å². The number of hydroxylamine groups is 1. The zero-order valence-corrected chi connectivity index (χ0v) is 19.5. The largest absolute Gasteiger partial charge is 0.505 e. The number of hydrogen-bond acceptors (Lipinski definition) is 4. The molecule has 0 radical (unpaired) electrons. The van der Waals surface area contributed by atoms with Crippen LogP contribution in [0.15, 0.2) is 42.5 Å². The summed E-state index contributed by atoms with van der Waals surface area (Å²) in [5.74, 6) is -0.917. The SMILES string of the molecule is CC(C)C(=O)N1CC(F)(c2ccc(C3=CC(c4cc(Cl)c(O)c(Cl)c4)(C(F)(F)F)ON3)cc2)C1. The minimum absolute atomic E-state index is 0.00215. The lowest BCUT2D eigenvalue weighted by atomic mass is 9.86. The van der Waals surface area contributed by atoms with Crippen LogP contribution in [0, 0.1) is 5.92 Å². The van der Waals surface area contributed by atoms with Gasteiger partial charge in [0.05, 0.1) is 28.8 Å². The van der Waals surface area contributed by atoms with Crippen molar-refractivity contribution in [2.24, 2.45) is 5.92 Å². The van der Waals surface area contributed by atoms with Crippen LogP contribution in [0.3, 0.4) is 0 Å². The predicted octanol–water partition coefficient (Wildman–Crippen LogP) is 5.70. The maximum absolute atomic E-state index is 15.2. The van der Waals surface area contributed by atoms with Crippen molar-refractivity contribution in [1.82, 2.24) is 10.4 Å². The van der Waals surface area contributed by atoms with Gasteiger partial charge in [-0.05, 0) is 29.3 Å². The maximum atomic E-state index is 15.2. The molecule has 2 aliphatic rings. The molecule has 1 saturated heterocycles. The van der Waals surface area contributed by atoms with Gasteiger partial charge in [-0.2, -0.15) is 13.2 Å². The molecule has 2 aromatic carbocycles. The summed E-state index contributed by atoms with van der Waals surface area (Å²) in [6.45, 7) is 3.32. The number of phenols is 1. The normalized spacial score (nSPS) is 21.8. The summed E-state index contributed by atoms with van der Waals surface area (Å²) in [5, 5.41) is 8.99. The van der Waals surface area contributed by atoms with Gasteiger partial charge in [0, 0.05) is 11.5 Å². The number of nitrogens with one attached hydrogen (secondary N) is 1. The zero-order valence-electron chi connectivity index (χ0n) is 18.0. The highest BCUT2D eigenvalue weighted by Crippen LogP contribution is 2.49. The van der Waals surface area contributed by atoms with Crippen molar-refractivity contribution in [3.8, 4) is 5.75 Å². The number of alkyl halides is 4. The van der Waals surface area contributed by atoms with Crippen LogP contribution in [0.1, 0.15) is 30.5 Å². The highest BCUT2D eigenvalue weighted by Gasteiger charge is 2.60. The van der Waals surface area contributed by atoms with Gasteiger partial charge < -0.3 is 10.0 Å². The van der Waals surface area contributed by atoms with E-state index in [1.807, 2.05) is 0 Å². The van der Waals surface area contributed by atoms with E-state index in [4.69, 9.17) is 28.0 Å². The first-order valence-electron chi connectivity index (χ1n) is 10.3. The molecule has 2 N–H and O–H groups in total. The molecule has 34 heavy (non-hydrogen) atoms. The second kappa shape index (κ2) is 8.32. The fraction of sp³-hybridized carbons (Fsp3) is 0.348. The Morgan fingerprint density at radius 1 is 1.12 bits per heavy atom. The zero-order chi connectivity index (χ0) is 25.1. The fourth-order valence-corrected chi connectivity index (χ4v) is 4.46. The van der Waals surface area contributed by atoms with E-state index in [0.29, 0.717) is 11.1 Å². The summed E-state index contributed by atoms with van der Waals surface area (Å²) in [6, 6.07) is 7.72. The van der Waals surface area contributed by atoms with E-state index in [0.717, 1.165) is 18.2 Å². The van der Waals surface area contributed by atoms with Gasteiger partial charge in [-0.25, -0.2) is 4.39 Å². The highest BCUT2D eigenvalue weighted by atomic mass is 35.5. The Kier molecular flexibility index (Phi) is 6.03. The van der Waals surface area contributed by atoms with Crippen LogP contribution >= 0.6 is 23.2 Å². The number of amides is 1. The van der Waals surface area contributed by atoms with Crippen LogP contribution in [0.5, 0.6) is 5.75 Å². The lowest BCUT2D eigenvalue weighted by Crippen LogP contribution is -2.59. The molecule has 182 valence electrons. The lowest BCUT2D eigenvalue weighted by molar-refractivity contribution is -0.269. The average molecular weight is 519 g/mol. The molecule has 11 heteroatoms. The molecule has 0 bridgehead atoms. The minimum Gasteiger partial charge on any atom is -0.505 e. The van der Waals surface area contributed by atoms with Crippen molar-refractivity contribution in [3.05, 3.63) is 69.2 Å². The second-order valence-corrected chi connectivity index (χ2v) is 9.49. The molecule has 1 fully saturated rings. The van der Waals surface area contributed by atoms with E-state index in [9.17, 15) is 23.1 Å². The van der Waals surface area contributed by atoms with E-state index in [1.54, 1.807) is 13.8 Å². The highest BCUT2D eigenvalue weighted by molar-refractivity contribution is 6.37. The number of rotatable bonds is 4. The summed E-state index contributed by atoms with van der Waals surface area (Å²) in [4.78, 5) is 18.4. The molecule has 1 atom stereocenters. The number of aromatic hydroxyl groups is 1. The van der Waals surface area contributed by atoms with Gasteiger partial charge in [0.1, 0.15) is 0 Å². The first-order valence-corrected chi connectivity index (χ1v) is 11.0. The van der Waals surface area contributed by atoms with Crippen LogP contribution in [-0.4, -0.2) is 35.2 Å². The Labute approximate surface area is 202 Å². The molecule has 5 nitrogen and oxygen atoms in total. The van der Waals surface area contributed by atoms with Gasteiger partial charge >= 0.3 is 6.18 Å². The number of nitrogens with zero attached hydrogens (tertiary/aromatic N) is 1. The number of likely N-dealkylation sites (tertiary alicyclic amines) is 1. The van der Waals surface area contributed by atoms with Crippen molar-refractivity contribution in [1.29, 1.82) is 0 Å². The number of hydrogen-bond donors (Lipinski definition) is 2. The van der Waals surface area contributed by atoms with Crippen LogP contribution in [0.25, 0.3) is 5.70 Å². The Morgan fingerprint density at radius 3 is 2.18 bits per heavy atom. The fourth-order valence-electron chi connectivity index (χ4n) is 3.98. The lowest BCUT2D eigenvalue weighted by Gasteiger charge is -2.45. The quantitative estimate of drug-likeness (QED) is 0.510. The number of phenolic OH excluding ortho intramolecular Hbond substituents is 1. The Hall–Kier alpha value is -2.49. The Balaban J connectivity index is 1.62. The molecule has 0 aromatic heterocycles. The molecular formula is C23H20Cl2F4N2O3. The van der Waals surface area contributed by atoms with Crippen LogP contribution in [-0.2, 0) is 20.9 Å². The second-order valence-electron chi connectivity index (χ2n) is 8.68. The summed E-state index contributed by atoms with van der Waals surface area (Å²) in [7, 11) is 0. The summed E-state index contributed by atoms with van der Waals surface area (Å²) in [5.41, 5.74) is -2.13. The van der Waals surface area contributed by atoms with Crippen LogP contribution in [0.2, 0.25) is 10.0 Å². The predicted molar refractivity (Wildman–Crippen MR) is 119 cm³/mol. The van der Waals surface area contributed by atoms with E-state index in [-0.39, 0.29) is 40.7 Å². The molecule has 1 unspecified atom stereocenters. The van der Waals surface area contributed by atoms with Crippen LogP contribution < -0.4 is 5.48 Å². The molecule has 2 aliphatic heterocycles. The standard InChI is InChI=1S/C23H20Cl2F4N2O3/c1-12(2)20(33)31-10-21(26,11-31)14-5-3-13(4-6-14)18-9-22(34-30-18,23(27,28)29)15-7-16(24)19(32)17(25)8-15/h3-9,12,30,32H,10-11H2,1-2H3. The van der Waals surface area contributed by atoms with E-state index >= 15 is 4.39 Å². The van der Waals surface area contributed by atoms with Crippen LogP contribution in [0.4, 0.5) is 17.6 Å². The third-order valence-electron chi connectivity index (χ3n) is 5.94. The minimum atomic E-state index is -4.91. The van der Waals surface area contributed by atoms with Gasteiger partial charge in [0.15, 0.2) is 11.4 Å². The molecule has 2 heterocycles. The third-order valence-corrected chi connectivity index (χ3v) is 6.51. The number of halogens is 6. The van der Waals surface area contributed by atoms with E-state index < -0.39 is 28.8 Å². The van der Waals surface area contributed by atoms with Gasteiger partial charge in [0.2, 0.25) is 11.5 Å². The van der Waals surface area contributed by atoms with Crippen molar-refractivity contribution in [2.45, 2.75) is 31.3 Å². The monoisotopic (exact) mass is 518 g/mol. The Bertz CT molecular complexity index is 1140. The molecule has 4 rings (SSSR count). The van der Waals surface area contributed by atoms with Gasteiger partial charge in [-0.1, -0.05) is 61.3 Å². The van der Waals surface area contributed by atoms with Gasteiger partial charge in [-0.3, -0.25) is 15.1 Å². The Morgan fingerprint density at radius 2 is 1.68 bits per heavy atom. The van der Waals surface area contributed by atoms with Crippen molar-refractivity contribution in [3.63, 3.8) is 0 Å². The smallest absolute Gasteiger partial charge is 0.428 e. The molecule has 0 spiro atoms. The molecular weight excluding hydrogens is 499 g/mol. The van der Waals surface area contributed by atoms with Gasteiger partial charge in [-0.15, -0.1) is 0 Å². The molecule has 1 amide bonds. The molecule has 0 saturated carbocycles. The molecule has 2 aromatic rings. The van der Waals surface area contributed by atoms with Crippen molar-refractivity contribution >= 4 is 34.8 Å². The third kappa shape index (κ3) is 3.99. The number of carbonyl (C=O) groups excluding carboxylic acids is 1. The number of carbonyl (C=O) groups is 1. The average Bonchev–Trinajstić information content (AvgIpc) is 3.21. The first kappa shape index (κ1) is 24.6. The van der Waals surface area contributed by atoms with Crippen molar-refractivity contribution in [2.75, 3.05) is 13.1 Å². The van der Waals surface area contributed by atoms with E-state index in [1.165, 1.54) is 29.2 Å². The topological polar surface area (TPSA) is 61.8 Å². The van der Waals surface area contributed by atoms with Gasteiger partial charge in [0.25, 0.3) is 0 Å². The summed E-state index contributed by atoms with van der Waals surface area (Å²) >= 11 is 11.7. The maximum Gasteiger partial charge on any atom is 0.428 e. The van der Waals surface area contributed by atoms with E-state index in [2.05, 4.69) is 5.48 Å². The first-order chi connectivity index (χ1) is 15.8. The number of benzene rings is 2. The molecule has 0 aliphatic carbocycles. The summed E-state index contributed by atoms with van der Waals surface area (Å²) < 4.78 is 57.6.